The lowest BCUT2D eigenvalue weighted by Crippen LogP contribution is -2.37. The first-order chi connectivity index (χ1) is 5.63. The van der Waals surface area contributed by atoms with Crippen LogP contribution in [0.3, 0.4) is 0 Å². The minimum absolute atomic E-state index is 0.190. The second-order valence-corrected chi connectivity index (χ2v) is 1.65. The summed E-state index contributed by atoms with van der Waals surface area (Å²) < 4.78 is 0. The number of amidine groups is 1. The van der Waals surface area contributed by atoms with Gasteiger partial charge in [-0.1, -0.05) is 6.58 Å². The number of hydrogen-bond acceptors (Lipinski definition) is 5. The van der Waals surface area contributed by atoms with Gasteiger partial charge >= 0.3 is 0 Å². The van der Waals surface area contributed by atoms with Gasteiger partial charge in [-0.2, -0.15) is 0 Å². The Morgan fingerprint density at radius 1 is 1.50 bits per heavy atom. The molecule has 66 valence electrons. The Morgan fingerprint density at radius 3 is 2.42 bits per heavy atom. The molecule has 0 spiro atoms. The Hall–Kier alpha value is -1.89. The molecule has 0 aliphatic carbocycles. The fourth-order valence-electron chi connectivity index (χ4n) is 0.470. The Balaban J connectivity index is 4.75. The summed E-state index contributed by atoms with van der Waals surface area (Å²) in [5.74, 6) is 3.82. The van der Waals surface area contributed by atoms with Gasteiger partial charge in [0.2, 0.25) is 0 Å². The van der Waals surface area contributed by atoms with E-state index < -0.39 is 5.91 Å². The number of hydrazine groups is 1. The number of carbonyl (C=O) groups is 1. The minimum Gasteiger partial charge on any atom is -0.380 e. The van der Waals surface area contributed by atoms with Crippen LogP contribution in [0.4, 0.5) is 0 Å². The van der Waals surface area contributed by atoms with E-state index >= 15 is 0 Å². The number of nitrogens with zero attached hydrogens (tertiary/aromatic N) is 2. The fraction of sp³-hybridized carbons (Fsp3) is 0. The van der Waals surface area contributed by atoms with Crippen LogP contribution in [0.5, 0.6) is 0 Å². The number of nitrogens with one attached hydrogen (secondary N) is 1. The third-order valence-corrected chi connectivity index (χ3v) is 0.881. The third kappa shape index (κ3) is 2.80. The lowest BCUT2D eigenvalue weighted by Gasteiger charge is -1.98. The zero-order chi connectivity index (χ0) is 9.56. The molecular weight excluding hydrogens is 160 g/mol. The van der Waals surface area contributed by atoms with Crippen LogP contribution in [0.15, 0.2) is 22.9 Å². The largest absolute Gasteiger partial charge is 0.380 e. The van der Waals surface area contributed by atoms with E-state index in [0.29, 0.717) is 0 Å². The maximum atomic E-state index is 10.6. The number of hydrogen-bond donors (Lipinski definition) is 4. The van der Waals surface area contributed by atoms with Gasteiger partial charge in [-0.3, -0.25) is 4.79 Å². The lowest BCUT2D eigenvalue weighted by molar-refractivity contribution is -0.111. The third-order valence-electron chi connectivity index (χ3n) is 0.881. The van der Waals surface area contributed by atoms with Crippen molar-refractivity contribution in [2.24, 2.45) is 27.4 Å². The molecule has 0 bridgehead atoms. The van der Waals surface area contributed by atoms with Crippen molar-refractivity contribution in [3.8, 4) is 0 Å². The maximum absolute atomic E-state index is 10.6. The van der Waals surface area contributed by atoms with Crippen LogP contribution in [0.2, 0.25) is 0 Å². The van der Waals surface area contributed by atoms with Crippen LogP contribution in [0.1, 0.15) is 0 Å². The normalized spacial score (nSPS) is 12.4. The Bertz CT molecular complexity index is 242. The van der Waals surface area contributed by atoms with Gasteiger partial charge in [0, 0.05) is 6.20 Å². The van der Waals surface area contributed by atoms with Crippen molar-refractivity contribution >= 4 is 17.5 Å². The number of aliphatic imine (C=N–C) groups is 1. The second-order valence-electron chi connectivity index (χ2n) is 1.65. The Kier molecular flexibility index (Phi) is 4.09. The first-order valence-corrected chi connectivity index (χ1v) is 2.91. The van der Waals surface area contributed by atoms with E-state index in [2.05, 4.69) is 16.7 Å². The predicted molar refractivity (Wildman–Crippen MR) is 45.8 cm³/mol. The summed E-state index contributed by atoms with van der Waals surface area (Å²) in [7, 11) is 0. The zero-order valence-electron chi connectivity index (χ0n) is 6.32. The fourth-order valence-corrected chi connectivity index (χ4v) is 0.470. The molecule has 0 aliphatic heterocycles. The molecule has 0 aliphatic rings. The highest BCUT2D eigenvalue weighted by Crippen LogP contribution is 1.79. The molecule has 7 nitrogen and oxygen atoms in total. The Labute approximate surface area is 69.0 Å². The molecule has 12 heavy (non-hydrogen) atoms. The number of amides is 1. The molecule has 1 amide bonds. The van der Waals surface area contributed by atoms with Crippen molar-refractivity contribution in [3.05, 3.63) is 12.8 Å². The summed E-state index contributed by atoms with van der Waals surface area (Å²) in [5, 5.41) is 3.31. The van der Waals surface area contributed by atoms with E-state index in [-0.39, 0.29) is 11.5 Å². The summed E-state index contributed by atoms with van der Waals surface area (Å²) >= 11 is 0. The molecule has 0 unspecified atom stereocenters. The van der Waals surface area contributed by atoms with Gasteiger partial charge in [-0.25, -0.2) is 16.4 Å². The van der Waals surface area contributed by atoms with E-state index in [1.165, 1.54) is 0 Å². The van der Waals surface area contributed by atoms with Crippen molar-refractivity contribution in [1.29, 1.82) is 0 Å². The first-order valence-electron chi connectivity index (χ1n) is 2.91. The van der Waals surface area contributed by atoms with Crippen molar-refractivity contribution in [1.82, 2.24) is 5.53 Å². The SMILES string of the molecule is C=C/N=C(C(N)=O)\C(N)=N\NN. The highest BCUT2D eigenvalue weighted by molar-refractivity contribution is 6.66. The van der Waals surface area contributed by atoms with Crippen molar-refractivity contribution in [2.45, 2.75) is 0 Å². The van der Waals surface area contributed by atoms with Crippen molar-refractivity contribution in [3.63, 3.8) is 0 Å². The predicted octanol–water partition coefficient (Wildman–Crippen LogP) is -2.21. The van der Waals surface area contributed by atoms with E-state index in [9.17, 15) is 4.79 Å². The zero-order valence-corrected chi connectivity index (χ0v) is 6.32. The quantitative estimate of drug-likeness (QED) is 0.165. The highest BCUT2D eigenvalue weighted by atomic mass is 16.1. The Morgan fingerprint density at radius 2 is 2.08 bits per heavy atom. The molecule has 0 saturated carbocycles. The average Bonchev–Trinajstić information content (AvgIpc) is 1.99. The van der Waals surface area contributed by atoms with Crippen LogP contribution in [-0.4, -0.2) is 17.5 Å². The second kappa shape index (κ2) is 4.85. The van der Waals surface area contributed by atoms with Crippen LogP contribution in [-0.2, 0) is 4.79 Å². The smallest absolute Gasteiger partial charge is 0.271 e. The summed E-state index contributed by atoms with van der Waals surface area (Å²) in [4.78, 5) is 14.1. The molecule has 0 rings (SSSR count). The molecule has 7 heteroatoms. The number of hydrazone groups is 1. The van der Waals surface area contributed by atoms with Gasteiger partial charge in [0.25, 0.3) is 5.91 Å². The minimum atomic E-state index is -0.800. The summed E-state index contributed by atoms with van der Waals surface area (Å²) in [6.07, 6.45) is 1.12. The van der Waals surface area contributed by atoms with E-state index in [1.807, 2.05) is 5.53 Å². The summed E-state index contributed by atoms with van der Waals surface area (Å²) in [6, 6.07) is 0. The molecule has 0 saturated heterocycles. The van der Waals surface area contributed by atoms with Gasteiger partial charge in [-0.05, 0) is 0 Å². The van der Waals surface area contributed by atoms with Crippen LogP contribution in [0.25, 0.3) is 0 Å². The maximum Gasteiger partial charge on any atom is 0.271 e. The van der Waals surface area contributed by atoms with Crippen LogP contribution < -0.4 is 22.8 Å². The molecule has 0 aromatic heterocycles. The monoisotopic (exact) mass is 170 g/mol. The van der Waals surface area contributed by atoms with Gasteiger partial charge in [0.1, 0.15) is 0 Å². The molecule has 0 heterocycles. The van der Waals surface area contributed by atoms with Crippen LogP contribution in [0, 0.1) is 0 Å². The van der Waals surface area contributed by atoms with Crippen molar-refractivity contribution < 1.29 is 4.79 Å². The number of primary amides is 1. The highest BCUT2D eigenvalue weighted by Gasteiger charge is 2.10. The van der Waals surface area contributed by atoms with Crippen molar-refractivity contribution in [2.75, 3.05) is 0 Å². The lowest BCUT2D eigenvalue weighted by atomic mass is 10.3. The van der Waals surface area contributed by atoms with Gasteiger partial charge < -0.3 is 11.5 Å². The summed E-state index contributed by atoms with van der Waals surface area (Å²) in [5.41, 5.74) is 11.9. The molecule has 0 atom stereocenters. The van der Waals surface area contributed by atoms with Gasteiger partial charge in [0.05, 0.1) is 0 Å². The molecule has 0 fully saturated rings. The summed E-state index contributed by atoms with van der Waals surface area (Å²) in [6.45, 7) is 3.27. The standard InChI is InChI=1S/C5H10N6O/c1-2-9-3(5(7)12)4(6)10-11-8/h2,11H,1,8H2,(H2,6,10)(H2,7,12)/b9-3+. The topological polar surface area (TPSA) is 132 Å². The van der Waals surface area contributed by atoms with Crippen LogP contribution >= 0.6 is 0 Å². The molecule has 0 aromatic rings. The first kappa shape index (κ1) is 10.1. The molecule has 7 N–H and O–H groups in total. The van der Waals surface area contributed by atoms with E-state index in [1.54, 1.807) is 0 Å². The number of rotatable bonds is 4. The van der Waals surface area contributed by atoms with Gasteiger partial charge in [-0.15, -0.1) is 5.10 Å². The molecule has 0 aromatic carbocycles. The van der Waals surface area contributed by atoms with E-state index in [4.69, 9.17) is 17.3 Å². The van der Waals surface area contributed by atoms with E-state index in [0.717, 1.165) is 6.20 Å². The molecule has 0 radical (unpaired) electrons. The molecular formula is C5H10N6O. The number of nitrogens with two attached hydrogens (primary N) is 3. The average molecular weight is 170 g/mol. The van der Waals surface area contributed by atoms with Gasteiger partial charge in [0.15, 0.2) is 11.5 Å². The number of carbonyl (C=O) groups excluding carboxylic acids is 1.